The number of amides is 2. The number of thiazole rings is 1. The van der Waals surface area contributed by atoms with Gasteiger partial charge < -0.3 is 9.64 Å². The molecule has 0 aliphatic rings. The van der Waals surface area contributed by atoms with Gasteiger partial charge >= 0.3 is 5.97 Å². The van der Waals surface area contributed by atoms with Crippen LogP contribution in [0.15, 0.2) is 95.9 Å². The predicted octanol–water partition coefficient (Wildman–Crippen LogP) is 5.27. The first-order valence-corrected chi connectivity index (χ1v) is 12.6. The van der Waals surface area contributed by atoms with E-state index in [0.29, 0.717) is 10.7 Å². The van der Waals surface area contributed by atoms with Crippen molar-refractivity contribution in [2.45, 2.75) is 0 Å². The zero-order chi connectivity index (χ0) is 28.0. The third kappa shape index (κ3) is 9.07. The number of carbonyl (C=O) groups is 3. The second kappa shape index (κ2) is 14.6. The maximum atomic E-state index is 12.2. The Hall–Kier alpha value is -5.07. The van der Waals surface area contributed by atoms with Crippen LogP contribution in [0, 0.1) is 11.3 Å². The van der Waals surface area contributed by atoms with Crippen molar-refractivity contribution < 1.29 is 19.1 Å². The molecule has 1 aromatic heterocycles. The van der Waals surface area contributed by atoms with E-state index in [0.717, 1.165) is 28.8 Å². The molecule has 0 saturated heterocycles. The molecule has 0 spiro atoms. The van der Waals surface area contributed by atoms with Crippen LogP contribution < -0.4 is 5.32 Å². The molecule has 2 amide bonds. The Morgan fingerprint density at radius 3 is 2.10 bits per heavy atom. The Balaban J connectivity index is 0.000000771. The van der Waals surface area contributed by atoms with Crippen molar-refractivity contribution in [2.75, 3.05) is 26.0 Å². The van der Waals surface area contributed by atoms with Crippen LogP contribution in [0.2, 0.25) is 0 Å². The van der Waals surface area contributed by atoms with E-state index in [2.05, 4.69) is 22.4 Å². The summed E-state index contributed by atoms with van der Waals surface area (Å²) >= 11 is 1.27. The van der Waals surface area contributed by atoms with Crippen molar-refractivity contribution in [2.24, 2.45) is 0 Å². The standard InChI is InChI=1S/C27H19N3O3S.C3H7NO/c28-16-23(15-19-7-3-1-4-8-19)26(32)33-17-25(31)30-27-29-24(18-34-27)22-13-11-21(12-14-22)20-9-5-2-6-10-20;1-4(2)3-5/h1-15,18H,17H2,(H,29,30,31);3H,1-2H3. The summed E-state index contributed by atoms with van der Waals surface area (Å²) in [6.45, 7) is -0.521. The normalized spacial score (nSPS) is 10.3. The second-order valence-electron chi connectivity index (χ2n) is 8.26. The van der Waals surface area contributed by atoms with E-state index in [4.69, 9.17) is 4.74 Å². The molecule has 0 radical (unpaired) electrons. The van der Waals surface area contributed by atoms with Crippen LogP contribution in [0.4, 0.5) is 5.13 Å². The fourth-order valence-electron chi connectivity index (χ4n) is 3.14. The molecular weight excluding hydrogens is 512 g/mol. The van der Waals surface area contributed by atoms with Crippen LogP contribution in [0.5, 0.6) is 0 Å². The molecule has 0 atom stereocenters. The Morgan fingerprint density at radius 2 is 1.51 bits per heavy atom. The van der Waals surface area contributed by atoms with Gasteiger partial charge in [0.15, 0.2) is 11.7 Å². The summed E-state index contributed by atoms with van der Waals surface area (Å²) < 4.78 is 4.98. The molecule has 9 heteroatoms. The van der Waals surface area contributed by atoms with Crippen LogP contribution in [0.25, 0.3) is 28.5 Å². The second-order valence-corrected chi connectivity index (χ2v) is 9.11. The van der Waals surface area contributed by atoms with Crippen LogP contribution in [0.1, 0.15) is 5.56 Å². The minimum atomic E-state index is -0.861. The number of hydrogen-bond acceptors (Lipinski definition) is 7. The maximum absolute atomic E-state index is 12.2. The first-order chi connectivity index (χ1) is 18.9. The number of aromatic nitrogens is 1. The van der Waals surface area contributed by atoms with Gasteiger partial charge in [-0.1, -0.05) is 84.9 Å². The lowest BCUT2D eigenvalue weighted by atomic mass is 10.0. The number of nitrogens with zero attached hydrogens (tertiary/aromatic N) is 3. The monoisotopic (exact) mass is 538 g/mol. The van der Waals surface area contributed by atoms with Crippen LogP contribution >= 0.6 is 11.3 Å². The highest BCUT2D eigenvalue weighted by molar-refractivity contribution is 7.14. The van der Waals surface area contributed by atoms with Crippen molar-refractivity contribution in [1.29, 1.82) is 5.26 Å². The molecule has 4 aromatic rings. The van der Waals surface area contributed by atoms with E-state index in [1.807, 2.05) is 53.9 Å². The average Bonchev–Trinajstić information content (AvgIpc) is 3.44. The molecule has 8 nitrogen and oxygen atoms in total. The Morgan fingerprint density at radius 1 is 0.949 bits per heavy atom. The molecule has 0 saturated carbocycles. The molecule has 0 fully saturated rings. The lowest BCUT2D eigenvalue weighted by Gasteiger charge is -2.04. The van der Waals surface area contributed by atoms with E-state index < -0.39 is 18.5 Å². The zero-order valence-corrected chi connectivity index (χ0v) is 22.2. The number of ether oxygens (including phenoxy) is 1. The first-order valence-electron chi connectivity index (χ1n) is 11.8. The summed E-state index contributed by atoms with van der Waals surface area (Å²) in [5, 5.41) is 14.1. The van der Waals surface area contributed by atoms with Gasteiger partial charge in [-0.15, -0.1) is 11.3 Å². The van der Waals surface area contributed by atoms with E-state index in [9.17, 15) is 19.6 Å². The molecule has 3 aromatic carbocycles. The number of nitriles is 1. The molecule has 0 aliphatic carbocycles. The Bertz CT molecular complexity index is 1460. The number of rotatable bonds is 8. The Labute approximate surface area is 230 Å². The van der Waals surface area contributed by atoms with Crippen molar-refractivity contribution in [1.82, 2.24) is 9.88 Å². The van der Waals surface area contributed by atoms with Gasteiger partial charge in [0, 0.05) is 25.0 Å². The van der Waals surface area contributed by atoms with Crippen LogP contribution in [-0.2, 0) is 19.1 Å². The van der Waals surface area contributed by atoms with E-state index in [-0.39, 0.29) is 5.57 Å². The van der Waals surface area contributed by atoms with Gasteiger partial charge in [0.2, 0.25) is 6.41 Å². The topological polar surface area (TPSA) is 112 Å². The average molecular weight is 539 g/mol. The number of hydrogen-bond donors (Lipinski definition) is 1. The third-order valence-corrected chi connectivity index (χ3v) is 5.79. The highest BCUT2D eigenvalue weighted by Crippen LogP contribution is 2.27. The van der Waals surface area contributed by atoms with Crippen molar-refractivity contribution >= 4 is 40.8 Å². The van der Waals surface area contributed by atoms with Crippen LogP contribution in [-0.4, -0.2) is 48.9 Å². The SMILES string of the molecule is CN(C)C=O.N#CC(=Cc1ccccc1)C(=O)OCC(=O)Nc1nc(-c2ccc(-c3ccccc3)cc2)cs1. The summed E-state index contributed by atoms with van der Waals surface area (Å²) in [5.74, 6) is -1.40. The Kier molecular flexibility index (Phi) is 10.7. The number of carbonyl (C=O) groups excluding carboxylic acids is 3. The third-order valence-electron chi connectivity index (χ3n) is 5.03. The summed E-state index contributed by atoms with van der Waals surface area (Å²) in [6, 6.07) is 28.8. The van der Waals surface area contributed by atoms with Gasteiger partial charge in [0.1, 0.15) is 11.6 Å². The molecule has 0 bridgehead atoms. The molecule has 4 rings (SSSR count). The highest BCUT2D eigenvalue weighted by Gasteiger charge is 2.14. The van der Waals surface area contributed by atoms with Gasteiger partial charge in [-0.2, -0.15) is 5.26 Å². The smallest absolute Gasteiger partial charge is 0.349 e. The zero-order valence-electron chi connectivity index (χ0n) is 21.4. The molecule has 0 unspecified atom stereocenters. The predicted molar refractivity (Wildman–Crippen MR) is 152 cm³/mol. The van der Waals surface area contributed by atoms with Crippen molar-refractivity contribution in [3.8, 4) is 28.5 Å². The lowest BCUT2D eigenvalue weighted by Crippen LogP contribution is -2.21. The van der Waals surface area contributed by atoms with Gasteiger partial charge in [-0.25, -0.2) is 9.78 Å². The molecular formula is C30H26N4O4S. The lowest BCUT2D eigenvalue weighted by molar-refractivity contribution is -0.142. The maximum Gasteiger partial charge on any atom is 0.349 e. The fraction of sp³-hybridized carbons (Fsp3) is 0.100. The first kappa shape index (κ1) is 28.5. The summed E-state index contributed by atoms with van der Waals surface area (Å²) in [5.41, 5.74) is 4.39. The van der Waals surface area contributed by atoms with Gasteiger partial charge in [-0.3, -0.25) is 14.9 Å². The van der Waals surface area contributed by atoms with Crippen molar-refractivity contribution in [3.05, 3.63) is 101 Å². The number of nitrogens with one attached hydrogen (secondary N) is 1. The van der Waals surface area contributed by atoms with Crippen molar-refractivity contribution in [3.63, 3.8) is 0 Å². The molecule has 1 heterocycles. The van der Waals surface area contributed by atoms with Crippen LogP contribution in [0.3, 0.4) is 0 Å². The number of esters is 1. The highest BCUT2D eigenvalue weighted by atomic mass is 32.1. The van der Waals surface area contributed by atoms with E-state index in [1.165, 1.54) is 22.3 Å². The largest absolute Gasteiger partial charge is 0.451 e. The quantitative estimate of drug-likeness (QED) is 0.142. The summed E-state index contributed by atoms with van der Waals surface area (Å²) in [7, 11) is 3.38. The summed E-state index contributed by atoms with van der Waals surface area (Å²) in [6.07, 6.45) is 2.16. The van der Waals surface area contributed by atoms with Gasteiger partial charge in [0.25, 0.3) is 5.91 Å². The molecule has 39 heavy (non-hydrogen) atoms. The molecule has 0 aliphatic heterocycles. The van der Waals surface area contributed by atoms with E-state index >= 15 is 0 Å². The number of benzene rings is 3. The summed E-state index contributed by atoms with van der Waals surface area (Å²) in [4.78, 5) is 39.7. The minimum Gasteiger partial charge on any atom is -0.451 e. The molecule has 196 valence electrons. The van der Waals surface area contributed by atoms with Gasteiger partial charge in [-0.05, 0) is 22.8 Å². The number of anilines is 1. The van der Waals surface area contributed by atoms with Gasteiger partial charge in [0.05, 0.1) is 5.69 Å². The fourth-order valence-corrected chi connectivity index (χ4v) is 3.88. The molecule has 1 N–H and O–H groups in total. The minimum absolute atomic E-state index is 0.186. The van der Waals surface area contributed by atoms with E-state index in [1.54, 1.807) is 44.4 Å².